The summed E-state index contributed by atoms with van der Waals surface area (Å²) >= 11 is 6.20. The average molecular weight is 397 g/mol. The molecule has 0 unspecified atom stereocenters. The summed E-state index contributed by atoms with van der Waals surface area (Å²) in [6, 6.07) is 11.0. The molecule has 3 aromatic heterocycles. The number of aromatic amines is 1. The van der Waals surface area contributed by atoms with Crippen molar-refractivity contribution < 1.29 is 4.74 Å². The van der Waals surface area contributed by atoms with Crippen molar-refractivity contribution in [2.24, 2.45) is 0 Å². The van der Waals surface area contributed by atoms with Crippen LogP contribution in [0.15, 0.2) is 47.4 Å². The zero-order valence-corrected chi connectivity index (χ0v) is 16.9. The first-order valence-corrected chi connectivity index (χ1v) is 9.30. The van der Waals surface area contributed by atoms with Crippen molar-refractivity contribution in [3.8, 4) is 17.0 Å². The van der Waals surface area contributed by atoms with Crippen molar-refractivity contribution in [2.45, 2.75) is 26.3 Å². The SMILES string of the molecule is COc1ccc2cc(-c3nc4ccc(Cl)cn4c3NC(C)(C)C)c(=O)[nH]c2c1. The molecule has 4 aromatic rings. The predicted molar refractivity (Wildman–Crippen MR) is 114 cm³/mol. The Bertz CT molecular complexity index is 1250. The van der Waals surface area contributed by atoms with Gasteiger partial charge in [0, 0.05) is 17.8 Å². The number of rotatable bonds is 3. The first kappa shape index (κ1) is 18.4. The highest BCUT2D eigenvalue weighted by atomic mass is 35.5. The fraction of sp³-hybridized carbons (Fsp3) is 0.238. The highest BCUT2D eigenvalue weighted by Gasteiger charge is 2.21. The van der Waals surface area contributed by atoms with E-state index in [9.17, 15) is 4.79 Å². The number of halogens is 1. The Balaban J connectivity index is 1.99. The van der Waals surface area contributed by atoms with E-state index >= 15 is 0 Å². The molecule has 1 aromatic carbocycles. The zero-order valence-electron chi connectivity index (χ0n) is 16.1. The molecule has 6 nitrogen and oxygen atoms in total. The summed E-state index contributed by atoms with van der Waals surface area (Å²) in [4.78, 5) is 20.5. The fourth-order valence-electron chi connectivity index (χ4n) is 3.16. The van der Waals surface area contributed by atoms with Gasteiger partial charge in [0.15, 0.2) is 0 Å². The van der Waals surface area contributed by atoms with Crippen LogP contribution in [0.3, 0.4) is 0 Å². The van der Waals surface area contributed by atoms with Crippen LogP contribution in [0.5, 0.6) is 5.75 Å². The molecule has 0 saturated heterocycles. The lowest BCUT2D eigenvalue weighted by Crippen LogP contribution is -2.27. The number of benzene rings is 1. The number of hydrogen-bond acceptors (Lipinski definition) is 4. The van der Waals surface area contributed by atoms with E-state index < -0.39 is 0 Å². The molecule has 0 bridgehead atoms. The Kier molecular flexibility index (Phi) is 4.31. The third-order valence-corrected chi connectivity index (χ3v) is 4.61. The minimum Gasteiger partial charge on any atom is -0.497 e. The smallest absolute Gasteiger partial charge is 0.258 e. The summed E-state index contributed by atoms with van der Waals surface area (Å²) in [5.74, 6) is 1.41. The molecule has 0 saturated carbocycles. The molecule has 0 amide bonds. The van der Waals surface area contributed by atoms with Crippen molar-refractivity contribution >= 4 is 34.0 Å². The van der Waals surface area contributed by atoms with Crippen LogP contribution >= 0.6 is 11.6 Å². The van der Waals surface area contributed by atoms with Gasteiger partial charge in [0.05, 0.1) is 23.2 Å². The van der Waals surface area contributed by atoms with Crippen molar-refractivity contribution in [1.82, 2.24) is 14.4 Å². The Morgan fingerprint density at radius 3 is 2.68 bits per heavy atom. The van der Waals surface area contributed by atoms with Gasteiger partial charge in [-0.1, -0.05) is 11.6 Å². The van der Waals surface area contributed by atoms with E-state index in [4.69, 9.17) is 21.3 Å². The molecular formula is C21H21ClN4O2. The molecule has 0 aliphatic heterocycles. The van der Waals surface area contributed by atoms with Gasteiger partial charge in [-0.15, -0.1) is 0 Å². The second-order valence-corrected chi connectivity index (χ2v) is 8.16. The highest BCUT2D eigenvalue weighted by molar-refractivity contribution is 6.30. The number of ether oxygens (including phenoxy) is 1. The number of H-pyrrole nitrogens is 1. The Hall–Kier alpha value is -2.99. The van der Waals surface area contributed by atoms with Crippen molar-refractivity contribution in [2.75, 3.05) is 12.4 Å². The number of methoxy groups -OCH3 is 1. The molecule has 0 radical (unpaired) electrons. The molecule has 3 heterocycles. The van der Waals surface area contributed by atoms with E-state index in [0.717, 1.165) is 11.2 Å². The molecule has 2 N–H and O–H groups in total. The Morgan fingerprint density at radius 1 is 1.18 bits per heavy atom. The number of nitrogens with zero attached hydrogens (tertiary/aromatic N) is 2. The van der Waals surface area contributed by atoms with Crippen LogP contribution in [0.1, 0.15) is 20.8 Å². The molecule has 0 aliphatic rings. The lowest BCUT2D eigenvalue weighted by atomic mass is 10.1. The van der Waals surface area contributed by atoms with Gasteiger partial charge in [-0.2, -0.15) is 0 Å². The van der Waals surface area contributed by atoms with Crippen LogP contribution in [0.25, 0.3) is 27.8 Å². The number of aromatic nitrogens is 3. The molecule has 28 heavy (non-hydrogen) atoms. The van der Waals surface area contributed by atoms with Crippen molar-refractivity contribution in [1.29, 1.82) is 0 Å². The van der Waals surface area contributed by atoms with E-state index in [1.807, 2.05) is 28.7 Å². The van der Waals surface area contributed by atoms with Gasteiger partial charge in [0.1, 0.15) is 22.9 Å². The maximum Gasteiger partial charge on any atom is 0.258 e. The van der Waals surface area contributed by atoms with E-state index in [2.05, 4.69) is 31.1 Å². The minimum absolute atomic E-state index is 0.216. The number of imidazole rings is 1. The Morgan fingerprint density at radius 2 is 1.96 bits per heavy atom. The van der Waals surface area contributed by atoms with E-state index in [-0.39, 0.29) is 11.1 Å². The van der Waals surface area contributed by atoms with Crippen LogP contribution in [-0.2, 0) is 0 Å². The van der Waals surface area contributed by atoms with E-state index in [1.165, 1.54) is 0 Å². The normalized spacial score (nSPS) is 11.9. The van der Waals surface area contributed by atoms with Gasteiger partial charge >= 0.3 is 0 Å². The summed E-state index contributed by atoms with van der Waals surface area (Å²) in [6.07, 6.45) is 1.79. The molecule has 0 spiro atoms. The summed E-state index contributed by atoms with van der Waals surface area (Å²) < 4.78 is 7.12. The summed E-state index contributed by atoms with van der Waals surface area (Å²) in [7, 11) is 1.60. The number of fused-ring (bicyclic) bond motifs is 2. The molecule has 7 heteroatoms. The largest absolute Gasteiger partial charge is 0.497 e. The lowest BCUT2D eigenvalue weighted by molar-refractivity contribution is 0.415. The summed E-state index contributed by atoms with van der Waals surface area (Å²) in [6.45, 7) is 6.16. The van der Waals surface area contributed by atoms with Crippen LogP contribution in [0, 0.1) is 0 Å². The maximum absolute atomic E-state index is 12.9. The fourth-order valence-corrected chi connectivity index (χ4v) is 3.32. The van der Waals surface area contributed by atoms with Gasteiger partial charge in [-0.25, -0.2) is 4.98 Å². The third kappa shape index (κ3) is 3.31. The van der Waals surface area contributed by atoms with Crippen LogP contribution < -0.4 is 15.6 Å². The highest BCUT2D eigenvalue weighted by Crippen LogP contribution is 2.31. The first-order valence-electron chi connectivity index (χ1n) is 8.92. The van der Waals surface area contributed by atoms with E-state index in [0.29, 0.717) is 33.2 Å². The monoisotopic (exact) mass is 396 g/mol. The first-order chi connectivity index (χ1) is 13.2. The van der Waals surface area contributed by atoms with Crippen LogP contribution in [-0.4, -0.2) is 27.0 Å². The summed E-state index contributed by atoms with van der Waals surface area (Å²) in [5, 5.41) is 4.95. The quantitative estimate of drug-likeness (QED) is 0.525. The average Bonchev–Trinajstić information content (AvgIpc) is 2.96. The summed E-state index contributed by atoms with van der Waals surface area (Å²) in [5.41, 5.74) is 2.04. The second kappa shape index (κ2) is 6.56. The van der Waals surface area contributed by atoms with Gasteiger partial charge < -0.3 is 15.0 Å². The standard InChI is InChI=1S/C21H21ClN4O2/c1-21(2,3)25-19-18(24-17-8-6-13(22)11-26(17)19)15-9-12-5-7-14(28-4)10-16(12)23-20(15)27/h5-11,25H,1-4H3,(H,23,27). The number of nitrogens with one attached hydrogen (secondary N) is 2. The second-order valence-electron chi connectivity index (χ2n) is 7.72. The number of pyridine rings is 2. The zero-order chi connectivity index (χ0) is 20.1. The van der Waals surface area contributed by atoms with Gasteiger partial charge in [0.25, 0.3) is 5.56 Å². The third-order valence-electron chi connectivity index (χ3n) is 4.38. The van der Waals surface area contributed by atoms with Crippen molar-refractivity contribution in [3.05, 3.63) is 58.0 Å². The predicted octanol–water partition coefficient (Wildman–Crippen LogP) is 4.72. The minimum atomic E-state index is -0.232. The van der Waals surface area contributed by atoms with Crippen molar-refractivity contribution in [3.63, 3.8) is 0 Å². The molecule has 144 valence electrons. The molecule has 0 fully saturated rings. The number of hydrogen-bond donors (Lipinski definition) is 2. The van der Waals surface area contributed by atoms with Gasteiger partial charge in [-0.3, -0.25) is 9.20 Å². The topological polar surface area (TPSA) is 71.4 Å². The molecule has 0 aliphatic carbocycles. The number of anilines is 1. The lowest BCUT2D eigenvalue weighted by Gasteiger charge is -2.22. The van der Waals surface area contributed by atoms with Gasteiger partial charge in [-0.05, 0) is 56.5 Å². The van der Waals surface area contributed by atoms with Gasteiger partial charge in [0.2, 0.25) is 0 Å². The molecular weight excluding hydrogens is 376 g/mol. The van der Waals surface area contributed by atoms with E-state index in [1.54, 1.807) is 25.4 Å². The van der Waals surface area contributed by atoms with Crippen LogP contribution in [0.4, 0.5) is 5.82 Å². The van der Waals surface area contributed by atoms with Crippen LogP contribution in [0.2, 0.25) is 5.02 Å². The maximum atomic E-state index is 12.9. The molecule has 4 rings (SSSR count). The Labute approximate surface area is 167 Å². The molecule has 0 atom stereocenters.